The normalized spacial score (nSPS) is 28.5. The van der Waals surface area contributed by atoms with Crippen LogP contribution < -0.4 is 20.7 Å². The SMILES string of the molecule is CC1CN(c2ccc(C#N)c3[nH]c(=O)ccc23)CC(CN2CC3(C2)OCc2cc(N4CC5NCCOC5C4)ccc23)O1. The molecule has 2 aromatic carbocycles. The van der Waals surface area contributed by atoms with Crippen LogP contribution in [0.25, 0.3) is 10.9 Å². The molecule has 1 aromatic heterocycles. The summed E-state index contributed by atoms with van der Waals surface area (Å²) in [6.45, 7) is 10.5. The number of nitrogens with zero attached hydrogens (tertiary/aromatic N) is 4. The smallest absolute Gasteiger partial charge is 0.248 e. The van der Waals surface area contributed by atoms with E-state index in [4.69, 9.17) is 14.2 Å². The van der Waals surface area contributed by atoms with Gasteiger partial charge in [-0.3, -0.25) is 9.69 Å². The summed E-state index contributed by atoms with van der Waals surface area (Å²) in [5, 5.41) is 14.0. The molecule has 5 aliphatic heterocycles. The van der Waals surface area contributed by atoms with E-state index in [1.807, 2.05) is 12.1 Å². The van der Waals surface area contributed by atoms with E-state index >= 15 is 0 Å². The van der Waals surface area contributed by atoms with Crippen LogP contribution in [0.2, 0.25) is 0 Å². The fraction of sp³-hybridized carbons (Fsp3) is 0.500. The summed E-state index contributed by atoms with van der Waals surface area (Å²) in [4.78, 5) is 22.1. The zero-order valence-electron chi connectivity index (χ0n) is 23.8. The van der Waals surface area contributed by atoms with Crippen molar-refractivity contribution in [1.29, 1.82) is 5.26 Å². The number of fused-ring (bicyclic) bond motifs is 4. The highest BCUT2D eigenvalue weighted by Gasteiger charge is 2.50. The van der Waals surface area contributed by atoms with Crippen LogP contribution in [-0.2, 0) is 26.4 Å². The Balaban J connectivity index is 0.942. The molecule has 4 saturated heterocycles. The number of pyridine rings is 1. The van der Waals surface area contributed by atoms with Gasteiger partial charge in [-0.05, 0) is 48.4 Å². The zero-order valence-corrected chi connectivity index (χ0v) is 23.8. The molecule has 8 rings (SSSR count). The summed E-state index contributed by atoms with van der Waals surface area (Å²) in [7, 11) is 0. The first-order valence-electron chi connectivity index (χ1n) is 15.0. The fourth-order valence-electron chi connectivity index (χ4n) is 7.74. The second-order valence-electron chi connectivity index (χ2n) is 12.5. The lowest BCUT2D eigenvalue weighted by molar-refractivity contribution is -0.155. The molecule has 0 saturated carbocycles. The summed E-state index contributed by atoms with van der Waals surface area (Å²) in [5.74, 6) is 0. The number of anilines is 2. The molecule has 5 aliphatic rings. The van der Waals surface area contributed by atoms with Crippen molar-refractivity contribution in [2.24, 2.45) is 0 Å². The Morgan fingerprint density at radius 3 is 2.83 bits per heavy atom. The van der Waals surface area contributed by atoms with Crippen molar-refractivity contribution in [1.82, 2.24) is 15.2 Å². The molecule has 4 fully saturated rings. The van der Waals surface area contributed by atoms with Crippen molar-refractivity contribution in [2.45, 2.75) is 43.5 Å². The Labute approximate surface area is 244 Å². The van der Waals surface area contributed by atoms with Crippen molar-refractivity contribution >= 4 is 22.3 Å². The first kappa shape index (κ1) is 26.2. The Morgan fingerprint density at radius 2 is 1.98 bits per heavy atom. The topological polar surface area (TPSA) is 106 Å². The minimum Gasteiger partial charge on any atom is -0.373 e. The molecule has 218 valence electrons. The van der Waals surface area contributed by atoms with Gasteiger partial charge >= 0.3 is 0 Å². The van der Waals surface area contributed by atoms with E-state index in [9.17, 15) is 10.1 Å². The number of nitrogens with one attached hydrogen (secondary N) is 2. The number of morpholine rings is 2. The van der Waals surface area contributed by atoms with Crippen LogP contribution in [0.5, 0.6) is 0 Å². The highest BCUT2D eigenvalue weighted by molar-refractivity contribution is 5.95. The molecule has 0 amide bonds. The van der Waals surface area contributed by atoms with Crippen molar-refractivity contribution < 1.29 is 14.2 Å². The van der Waals surface area contributed by atoms with Gasteiger partial charge in [0.05, 0.1) is 48.6 Å². The molecule has 6 heterocycles. The number of H-pyrrole nitrogens is 1. The van der Waals surface area contributed by atoms with Gasteiger partial charge in [-0.2, -0.15) is 5.26 Å². The van der Waals surface area contributed by atoms with Gasteiger partial charge < -0.3 is 34.3 Å². The van der Waals surface area contributed by atoms with E-state index in [1.54, 1.807) is 6.07 Å². The summed E-state index contributed by atoms with van der Waals surface area (Å²) in [6, 6.07) is 16.6. The van der Waals surface area contributed by atoms with Gasteiger partial charge in [-0.15, -0.1) is 0 Å². The average Bonchev–Trinajstić information content (AvgIpc) is 3.58. The quantitative estimate of drug-likeness (QED) is 0.488. The molecule has 42 heavy (non-hydrogen) atoms. The van der Waals surface area contributed by atoms with Crippen LogP contribution in [0.3, 0.4) is 0 Å². The van der Waals surface area contributed by atoms with Crippen LogP contribution in [0, 0.1) is 11.3 Å². The molecule has 0 bridgehead atoms. The van der Waals surface area contributed by atoms with E-state index in [2.05, 4.69) is 56.2 Å². The van der Waals surface area contributed by atoms with E-state index < -0.39 is 0 Å². The van der Waals surface area contributed by atoms with E-state index in [0.717, 1.165) is 70.0 Å². The van der Waals surface area contributed by atoms with Crippen molar-refractivity contribution in [2.75, 3.05) is 68.8 Å². The third-order valence-electron chi connectivity index (χ3n) is 9.63. The average molecular weight is 569 g/mol. The number of nitriles is 1. The van der Waals surface area contributed by atoms with Crippen LogP contribution in [-0.4, -0.2) is 93.2 Å². The lowest BCUT2D eigenvalue weighted by Crippen LogP contribution is -2.62. The number of rotatable bonds is 4. The summed E-state index contributed by atoms with van der Waals surface area (Å²) >= 11 is 0. The predicted octanol–water partition coefficient (Wildman–Crippen LogP) is 1.91. The van der Waals surface area contributed by atoms with Crippen LogP contribution >= 0.6 is 0 Å². The molecule has 0 radical (unpaired) electrons. The summed E-state index contributed by atoms with van der Waals surface area (Å²) in [5.41, 5.74) is 5.54. The standard InChI is InChI=1S/C32H36N6O4/c1-20-12-38(28-6-2-21(11-33)31-25(28)4-7-30(39)35-31)14-24(42-20)13-36-18-32(19-36)26-5-3-23(10-22(26)17-41-32)37-15-27-29(16-37)40-9-8-34-27/h2-7,10,20,24,27,29,34H,8-9,12-19H2,1H3,(H,35,39). The molecule has 4 atom stereocenters. The lowest BCUT2D eigenvalue weighted by atomic mass is 9.85. The lowest BCUT2D eigenvalue weighted by Gasteiger charge is -2.50. The van der Waals surface area contributed by atoms with Crippen LogP contribution in [0.1, 0.15) is 23.6 Å². The van der Waals surface area contributed by atoms with Gasteiger partial charge in [0.25, 0.3) is 0 Å². The fourth-order valence-corrected chi connectivity index (χ4v) is 7.74. The minimum atomic E-state index is -0.229. The first-order valence-corrected chi connectivity index (χ1v) is 15.0. The number of aromatic amines is 1. The van der Waals surface area contributed by atoms with Crippen molar-refractivity contribution in [3.8, 4) is 6.07 Å². The van der Waals surface area contributed by atoms with Gasteiger partial charge in [-0.25, -0.2) is 0 Å². The minimum absolute atomic E-state index is 0.0392. The maximum absolute atomic E-state index is 12.0. The maximum atomic E-state index is 12.0. The van der Waals surface area contributed by atoms with Gasteiger partial charge in [0.1, 0.15) is 11.7 Å². The largest absolute Gasteiger partial charge is 0.373 e. The van der Waals surface area contributed by atoms with Gasteiger partial charge in [0, 0.05) is 75.2 Å². The monoisotopic (exact) mass is 568 g/mol. The van der Waals surface area contributed by atoms with E-state index in [0.29, 0.717) is 23.7 Å². The van der Waals surface area contributed by atoms with E-state index in [-0.39, 0.29) is 29.5 Å². The predicted molar refractivity (Wildman–Crippen MR) is 159 cm³/mol. The second-order valence-corrected chi connectivity index (χ2v) is 12.5. The molecule has 3 aromatic rings. The number of hydrogen-bond acceptors (Lipinski definition) is 9. The highest BCUT2D eigenvalue weighted by atomic mass is 16.5. The van der Waals surface area contributed by atoms with Gasteiger partial charge in [0.15, 0.2) is 0 Å². The Kier molecular flexibility index (Phi) is 6.28. The Hall–Kier alpha value is -3.46. The molecule has 10 nitrogen and oxygen atoms in total. The summed E-state index contributed by atoms with van der Waals surface area (Å²) in [6.07, 6.45) is 0.372. The van der Waals surface area contributed by atoms with Crippen LogP contribution in [0.15, 0.2) is 47.3 Å². The molecule has 4 unspecified atom stereocenters. The number of likely N-dealkylation sites (tertiary alicyclic amines) is 1. The van der Waals surface area contributed by atoms with Crippen molar-refractivity contribution in [3.63, 3.8) is 0 Å². The Morgan fingerprint density at radius 1 is 1.07 bits per heavy atom. The number of aromatic nitrogens is 1. The third-order valence-corrected chi connectivity index (χ3v) is 9.63. The number of hydrogen-bond donors (Lipinski definition) is 2. The molecule has 0 aliphatic carbocycles. The van der Waals surface area contributed by atoms with Gasteiger partial charge in [0.2, 0.25) is 5.56 Å². The third kappa shape index (κ3) is 4.39. The van der Waals surface area contributed by atoms with Crippen molar-refractivity contribution in [3.05, 3.63) is 69.5 Å². The number of benzene rings is 2. The molecule has 10 heteroatoms. The van der Waals surface area contributed by atoms with Gasteiger partial charge in [-0.1, -0.05) is 6.07 Å². The zero-order chi connectivity index (χ0) is 28.4. The second kappa shape index (κ2) is 10.1. The summed E-state index contributed by atoms with van der Waals surface area (Å²) < 4.78 is 18.8. The molecule has 1 spiro atoms. The first-order chi connectivity index (χ1) is 20.5. The maximum Gasteiger partial charge on any atom is 0.248 e. The molecular weight excluding hydrogens is 532 g/mol. The Bertz CT molecular complexity index is 1610. The molecular formula is C32H36N6O4. The highest BCUT2D eigenvalue weighted by Crippen LogP contribution is 2.45. The number of ether oxygens (including phenoxy) is 3. The van der Waals surface area contributed by atoms with E-state index in [1.165, 1.54) is 22.9 Å². The molecule has 2 N–H and O–H groups in total. The van der Waals surface area contributed by atoms with Crippen LogP contribution in [0.4, 0.5) is 11.4 Å².